The van der Waals surface area contributed by atoms with Gasteiger partial charge < -0.3 is 9.47 Å². The van der Waals surface area contributed by atoms with Crippen LogP contribution < -0.4 is 9.47 Å². The van der Waals surface area contributed by atoms with Crippen molar-refractivity contribution in [2.24, 2.45) is 0 Å². The van der Waals surface area contributed by atoms with Gasteiger partial charge in [-0.3, -0.25) is 0 Å². The first-order valence-electron chi connectivity index (χ1n) is 5.91. The lowest BCUT2D eigenvalue weighted by Crippen LogP contribution is -2.01. The highest BCUT2D eigenvalue weighted by molar-refractivity contribution is 7.80. The summed E-state index contributed by atoms with van der Waals surface area (Å²) in [5.74, 6) is 1.60. The molecule has 1 aromatic carbocycles. The van der Waals surface area contributed by atoms with E-state index >= 15 is 0 Å². The van der Waals surface area contributed by atoms with Crippen molar-refractivity contribution in [2.75, 3.05) is 19.0 Å². The number of rotatable bonds is 7. The Balaban J connectivity index is 2.96. The molecular formula is C13H19FO2S. The largest absolute Gasteiger partial charge is 0.490 e. The Hall–Kier alpha value is -0.900. The Morgan fingerprint density at radius 2 is 1.71 bits per heavy atom. The summed E-state index contributed by atoms with van der Waals surface area (Å²) < 4.78 is 24.6. The summed E-state index contributed by atoms with van der Waals surface area (Å²) in [6, 6.07) is 3.13. The van der Waals surface area contributed by atoms with Crippen molar-refractivity contribution in [2.45, 2.75) is 26.7 Å². The molecule has 1 rings (SSSR count). The minimum Gasteiger partial charge on any atom is -0.490 e. The summed E-state index contributed by atoms with van der Waals surface area (Å²) in [7, 11) is 0. The van der Waals surface area contributed by atoms with Gasteiger partial charge in [-0.2, -0.15) is 12.6 Å². The van der Waals surface area contributed by atoms with Crippen LogP contribution in [0.2, 0.25) is 0 Å². The zero-order valence-corrected chi connectivity index (χ0v) is 11.2. The normalized spacial score (nSPS) is 10.4. The first-order valence-corrected chi connectivity index (χ1v) is 6.55. The molecule has 0 saturated carbocycles. The molecule has 0 amide bonds. The van der Waals surface area contributed by atoms with E-state index in [1.807, 2.05) is 13.8 Å². The maximum Gasteiger partial charge on any atom is 0.164 e. The van der Waals surface area contributed by atoms with Crippen LogP contribution in [0, 0.1) is 5.82 Å². The highest BCUT2D eigenvalue weighted by Crippen LogP contribution is 2.31. The highest BCUT2D eigenvalue weighted by atomic mass is 32.1. The van der Waals surface area contributed by atoms with E-state index in [1.165, 1.54) is 6.07 Å². The maximum absolute atomic E-state index is 13.8. The van der Waals surface area contributed by atoms with Crippen LogP contribution in [0.1, 0.15) is 25.8 Å². The first kappa shape index (κ1) is 14.2. The molecule has 96 valence electrons. The molecule has 17 heavy (non-hydrogen) atoms. The van der Waals surface area contributed by atoms with Gasteiger partial charge in [0.25, 0.3) is 0 Å². The van der Waals surface area contributed by atoms with Crippen LogP contribution in [0.5, 0.6) is 11.5 Å². The average Bonchev–Trinajstić information content (AvgIpc) is 2.31. The first-order chi connectivity index (χ1) is 8.22. The number of hydrogen-bond donors (Lipinski definition) is 1. The van der Waals surface area contributed by atoms with Gasteiger partial charge in [0, 0.05) is 6.07 Å². The lowest BCUT2D eigenvalue weighted by atomic mass is 10.1. The minimum atomic E-state index is -0.237. The number of thiol groups is 1. The minimum absolute atomic E-state index is 0.237. The average molecular weight is 258 g/mol. The van der Waals surface area contributed by atoms with E-state index in [4.69, 9.17) is 9.47 Å². The predicted molar refractivity (Wildman–Crippen MR) is 70.9 cm³/mol. The van der Waals surface area contributed by atoms with Gasteiger partial charge in [-0.05, 0) is 44.1 Å². The Morgan fingerprint density at radius 1 is 1.12 bits per heavy atom. The monoisotopic (exact) mass is 258 g/mol. The van der Waals surface area contributed by atoms with Gasteiger partial charge in [0.15, 0.2) is 11.5 Å². The second-order valence-corrected chi connectivity index (χ2v) is 4.03. The zero-order valence-electron chi connectivity index (χ0n) is 10.3. The summed E-state index contributed by atoms with van der Waals surface area (Å²) in [4.78, 5) is 0. The van der Waals surface area contributed by atoms with Gasteiger partial charge in [0.2, 0.25) is 0 Å². The molecule has 4 heteroatoms. The van der Waals surface area contributed by atoms with Crippen LogP contribution in [0.25, 0.3) is 0 Å². The molecule has 1 aromatic rings. The third kappa shape index (κ3) is 4.11. The van der Waals surface area contributed by atoms with Crippen molar-refractivity contribution in [3.63, 3.8) is 0 Å². The van der Waals surface area contributed by atoms with Gasteiger partial charge in [0.1, 0.15) is 5.82 Å². The molecule has 0 aliphatic heterocycles. The third-order valence-electron chi connectivity index (χ3n) is 2.32. The summed E-state index contributed by atoms with van der Waals surface area (Å²) in [5.41, 5.74) is 0.658. The number of halogens is 1. The Bertz CT molecular complexity index is 356. The second kappa shape index (κ2) is 7.43. The summed E-state index contributed by atoms with van der Waals surface area (Å²) in [6.45, 7) is 4.79. The fourth-order valence-corrected chi connectivity index (χ4v) is 1.73. The standard InChI is InChI=1S/C13H19FO2S/c1-3-15-12-8-10(6-5-7-17)11(14)9-13(12)16-4-2/h8-9,17H,3-7H2,1-2H3. The third-order valence-corrected chi connectivity index (χ3v) is 2.63. The summed E-state index contributed by atoms with van der Waals surface area (Å²) in [5, 5.41) is 0. The number of benzene rings is 1. The van der Waals surface area contributed by atoms with E-state index in [9.17, 15) is 4.39 Å². The number of hydrogen-bond acceptors (Lipinski definition) is 3. The quantitative estimate of drug-likeness (QED) is 0.755. The maximum atomic E-state index is 13.8. The van der Waals surface area contributed by atoms with Gasteiger partial charge in [0.05, 0.1) is 13.2 Å². The molecule has 0 heterocycles. The topological polar surface area (TPSA) is 18.5 Å². The molecule has 0 aromatic heterocycles. The molecule has 0 saturated heterocycles. The molecule has 0 N–H and O–H groups in total. The van der Waals surface area contributed by atoms with Crippen molar-refractivity contribution in [3.8, 4) is 11.5 Å². The fraction of sp³-hybridized carbons (Fsp3) is 0.538. The summed E-state index contributed by atoms with van der Waals surface area (Å²) >= 11 is 4.13. The van der Waals surface area contributed by atoms with Crippen molar-refractivity contribution in [3.05, 3.63) is 23.5 Å². The predicted octanol–water partition coefficient (Wildman–Crippen LogP) is 3.49. The van der Waals surface area contributed by atoms with Crippen LogP contribution in [0.3, 0.4) is 0 Å². The Labute approximate surface area is 108 Å². The van der Waals surface area contributed by atoms with Crippen LogP contribution in [-0.4, -0.2) is 19.0 Å². The number of ether oxygens (including phenoxy) is 2. The molecule has 0 spiro atoms. The Kier molecular flexibility index (Phi) is 6.19. The van der Waals surface area contributed by atoms with Crippen molar-refractivity contribution in [1.29, 1.82) is 0 Å². The zero-order chi connectivity index (χ0) is 12.7. The second-order valence-electron chi connectivity index (χ2n) is 3.58. The van der Waals surface area contributed by atoms with E-state index in [0.29, 0.717) is 36.7 Å². The molecule has 0 aliphatic rings. The van der Waals surface area contributed by atoms with Crippen molar-refractivity contribution >= 4 is 12.6 Å². The molecule has 0 aliphatic carbocycles. The molecule has 0 radical (unpaired) electrons. The Morgan fingerprint density at radius 3 is 2.24 bits per heavy atom. The van der Waals surface area contributed by atoms with Crippen LogP contribution >= 0.6 is 12.6 Å². The van der Waals surface area contributed by atoms with E-state index in [1.54, 1.807) is 6.07 Å². The van der Waals surface area contributed by atoms with Gasteiger partial charge in [-0.25, -0.2) is 4.39 Å². The molecule has 0 unspecified atom stereocenters. The van der Waals surface area contributed by atoms with E-state index in [2.05, 4.69) is 12.6 Å². The van der Waals surface area contributed by atoms with Crippen LogP contribution in [-0.2, 0) is 6.42 Å². The van der Waals surface area contributed by atoms with E-state index in [-0.39, 0.29) is 5.82 Å². The molecular weight excluding hydrogens is 239 g/mol. The van der Waals surface area contributed by atoms with Crippen LogP contribution in [0.15, 0.2) is 12.1 Å². The van der Waals surface area contributed by atoms with Crippen molar-refractivity contribution < 1.29 is 13.9 Å². The fourth-order valence-electron chi connectivity index (χ4n) is 1.57. The van der Waals surface area contributed by atoms with Crippen LogP contribution in [0.4, 0.5) is 4.39 Å². The molecule has 0 fully saturated rings. The lowest BCUT2D eigenvalue weighted by molar-refractivity contribution is 0.285. The van der Waals surface area contributed by atoms with E-state index < -0.39 is 0 Å². The molecule has 2 nitrogen and oxygen atoms in total. The summed E-state index contributed by atoms with van der Waals surface area (Å²) in [6.07, 6.45) is 1.52. The van der Waals surface area contributed by atoms with Crippen molar-refractivity contribution in [1.82, 2.24) is 0 Å². The van der Waals surface area contributed by atoms with Gasteiger partial charge >= 0.3 is 0 Å². The molecule has 0 atom stereocenters. The number of aryl methyl sites for hydroxylation is 1. The van der Waals surface area contributed by atoms with Gasteiger partial charge in [-0.1, -0.05) is 0 Å². The lowest BCUT2D eigenvalue weighted by Gasteiger charge is -2.13. The van der Waals surface area contributed by atoms with Gasteiger partial charge in [-0.15, -0.1) is 0 Å². The molecule has 0 bridgehead atoms. The highest BCUT2D eigenvalue weighted by Gasteiger charge is 2.11. The van der Waals surface area contributed by atoms with E-state index in [0.717, 1.165) is 12.2 Å². The SMILES string of the molecule is CCOc1cc(F)c(CCCS)cc1OCC. The smallest absolute Gasteiger partial charge is 0.164 e.